The molecule has 1 N–H and O–H groups in total. The summed E-state index contributed by atoms with van der Waals surface area (Å²) in [5.74, 6) is 0.766. The number of hydrogen-bond acceptors (Lipinski definition) is 3. The van der Waals surface area contributed by atoms with Gasteiger partial charge in [-0.3, -0.25) is 0 Å². The lowest BCUT2D eigenvalue weighted by molar-refractivity contribution is 0.388. The number of nitrogens with zero attached hydrogens (tertiary/aromatic N) is 1. The average molecular weight is 265 g/mol. The second-order valence-corrected chi connectivity index (χ2v) is 5.03. The van der Waals surface area contributed by atoms with Crippen LogP contribution in [0.15, 0.2) is 18.2 Å². The van der Waals surface area contributed by atoms with Crippen LogP contribution in [0.5, 0.6) is 5.75 Å². The molecule has 96 valence electrons. The number of benzene rings is 1. The summed E-state index contributed by atoms with van der Waals surface area (Å²) in [7, 11) is 1.60. The maximum atomic E-state index is 9.14. The Hall–Kier alpha value is -1.40. The molecule has 0 saturated heterocycles. The summed E-state index contributed by atoms with van der Waals surface area (Å²) in [6, 6.07) is 8.25. The molecule has 0 heterocycles. The van der Waals surface area contributed by atoms with E-state index in [1.54, 1.807) is 7.11 Å². The van der Waals surface area contributed by atoms with Crippen molar-refractivity contribution in [2.45, 2.75) is 31.7 Å². The third-order valence-electron chi connectivity index (χ3n) is 3.44. The molecule has 4 heteroatoms. The summed E-state index contributed by atoms with van der Waals surface area (Å²) in [6.45, 7) is 0. The molecule has 1 saturated carbocycles. The van der Waals surface area contributed by atoms with Crippen molar-refractivity contribution in [2.75, 3.05) is 12.4 Å². The van der Waals surface area contributed by atoms with Crippen molar-refractivity contribution in [1.29, 1.82) is 5.26 Å². The highest BCUT2D eigenvalue weighted by Gasteiger charge is 2.24. The van der Waals surface area contributed by atoms with Gasteiger partial charge in [0.2, 0.25) is 0 Å². The molecule has 1 aliphatic carbocycles. The second kappa shape index (κ2) is 5.97. The van der Waals surface area contributed by atoms with Gasteiger partial charge < -0.3 is 10.1 Å². The fraction of sp³-hybridized carbons (Fsp3) is 0.500. The topological polar surface area (TPSA) is 45.0 Å². The Morgan fingerprint density at radius 2 is 2.17 bits per heavy atom. The van der Waals surface area contributed by atoms with E-state index in [-0.39, 0.29) is 12.0 Å². The van der Waals surface area contributed by atoms with Crippen LogP contribution >= 0.6 is 11.6 Å². The normalized spacial score (nSPS) is 23.2. The fourth-order valence-corrected chi connectivity index (χ4v) is 2.69. The predicted molar refractivity (Wildman–Crippen MR) is 73.0 cm³/mol. The molecule has 0 amide bonds. The summed E-state index contributed by atoms with van der Waals surface area (Å²) in [6.07, 6.45) is 4.36. The van der Waals surface area contributed by atoms with E-state index in [4.69, 9.17) is 21.6 Å². The second-order valence-electron chi connectivity index (χ2n) is 4.62. The number of halogens is 1. The fourth-order valence-electron chi connectivity index (χ4n) is 2.43. The minimum Gasteiger partial charge on any atom is -0.495 e. The first-order valence-electron chi connectivity index (χ1n) is 6.24. The molecule has 1 fully saturated rings. The molecule has 0 radical (unpaired) electrons. The van der Waals surface area contributed by atoms with Crippen LogP contribution in [-0.4, -0.2) is 13.2 Å². The highest BCUT2D eigenvalue weighted by Crippen LogP contribution is 2.30. The Morgan fingerprint density at radius 3 is 2.83 bits per heavy atom. The maximum absolute atomic E-state index is 9.14. The third-order valence-corrected chi connectivity index (χ3v) is 3.73. The van der Waals surface area contributed by atoms with Crippen molar-refractivity contribution in [3.8, 4) is 11.8 Å². The quantitative estimate of drug-likeness (QED) is 0.902. The first-order valence-corrected chi connectivity index (χ1v) is 6.62. The molecule has 1 aromatic rings. The van der Waals surface area contributed by atoms with Gasteiger partial charge in [0.1, 0.15) is 5.75 Å². The van der Waals surface area contributed by atoms with Crippen LogP contribution in [0.4, 0.5) is 5.69 Å². The van der Waals surface area contributed by atoms with Crippen LogP contribution in [0.25, 0.3) is 0 Å². The van der Waals surface area contributed by atoms with Crippen molar-refractivity contribution in [3.05, 3.63) is 23.2 Å². The summed E-state index contributed by atoms with van der Waals surface area (Å²) in [4.78, 5) is 0. The molecule has 0 aliphatic heterocycles. The van der Waals surface area contributed by atoms with Gasteiger partial charge in [-0.25, -0.2) is 0 Å². The molecule has 2 atom stereocenters. The van der Waals surface area contributed by atoms with E-state index >= 15 is 0 Å². The standard InChI is InChI=1S/C14H17ClN2O/c1-18-14-7-6-11(8-12(14)15)17-13-5-3-2-4-10(13)9-16/h6-8,10,13,17H,2-5H2,1H3. The Balaban J connectivity index is 2.08. The van der Waals surface area contributed by atoms with Gasteiger partial charge in [-0.1, -0.05) is 24.4 Å². The van der Waals surface area contributed by atoms with Crippen LogP contribution in [0.2, 0.25) is 5.02 Å². The minimum atomic E-state index is 0.0969. The van der Waals surface area contributed by atoms with Crippen LogP contribution < -0.4 is 10.1 Å². The lowest BCUT2D eigenvalue weighted by atomic mass is 9.85. The molecule has 0 spiro atoms. The summed E-state index contributed by atoms with van der Waals surface area (Å²) in [5, 5.41) is 13.1. The number of ether oxygens (including phenoxy) is 1. The Kier molecular flexibility index (Phi) is 4.33. The highest BCUT2D eigenvalue weighted by atomic mass is 35.5. The summed E-state index contributed by atoms with van der Waals surface area (Å²) < 4.78 is 5.12. The lowest BCUT2D eigenvalue weighted by Crippen LogP contribution is -2.31. The Bertz CT molecular complexity index is 456. The number of hydrogen-bond donors (Lipinski definition) is 1. The molecule has 0 aromatic heterocycles. The summed E-state index contributed by atoms with van der Waals surface area (Å²) in [5.41, 5.74) is 0.952. The average Bonchev–Trinajstić information content (AvgIpc) is 2.39. The van der Waals surface area contributed by atoms with Gasteiger partial charge in [0.05, 0.1) is 24.1 Å². The SMILES string of the molecule is COc1ccc(NC2CCCCC2C#N)cc1Cl. The zero-order valence-corrected chi connectivity index (χ0v) is 11.2. The van der Waals surface area contributed by atoms with Gasteiger partial charge in [0.25, 0.3) is 0 Å². The van der Waals surface area contributed by atoms with Crippen LogP contribution in [0.3, 0.4) is 0 Å². The van der Waals surface area contributed by atoms with E-state index in [0.717, 1.165) is 24.9 Å². The van der Waals surface area contributed by atoms with Crippen molar-refractivity contribution >= 4 is 17.3 Å². The first-order chi connectivity index (χ1) is 8.74. The number of methoxy groups -OCH3 is 1. The molecule has 1 aromatic carbocycles. The number of anilines is 1. The van der Waals surface area contributed by atoms with Crippen molar-refractivity contribution < 1.29 is 4.74 Å². The Morgan fingerprint density at radius 1 is 1.39 bits per heavy atom. The van der Waals surface area contributed by atoms with E-state index in [0.29, 0.717) is 10.8 Å². The van der Waals surface area contributed by atoms with Crippen LogP contribution in [0.1, 0.15) is 25.7 Å². The van der Waals surface area contributed by atoms with E-state index in [9.17, 15) is 0 Å². The highest BCUT2D eigenvalue weighted by molar-refractivity contribution is 6.32. The number of nitrogens with one attached hydrogen (secondary N) is 1. The molecule has 2 rings (SSSR count). The number of rotatable bonds is 3. The monoisotopic (exact) mass is 264 g/mol. The van der Waals surface area contributed by atoms with E-state index in [1.807, 2.05) is 18.2 Å². The van der Waals surface area contributed by atoms with E-state index in [1.165, 1.54) is 6.42 Å². The zero-order chi connectivity index (χ0) is 13.0. The molecule has 2 unspecified atom stereocenters. The van der Waals surface area contributed by atoms with Crippen molar-refractivity contribution in [1.82, 2.24) is 0 Å². The molecule has 3 nitrogen and oxygen atoms in total. The van der Waals surface area contributed by atoms with Gasteiger partial charge in [0.15, 0.2) is 0 Å². The zero-order valence-electron chi connectivity index (χ0n) is 10.4. The third kappa shape index (κ3) is 2.88. The molecule has 0 bridgehead atoms. The van der Waals surface area contributed by atoms with Gasteiger partial charge in [0, 0.05) is 11.7 Å². The lowest BCUT2D eigenvalue weighted by Gasteiger charge is -2.28. The van der Waals surface area contributed by atoms with Gasteiger partial charge in [-0.15, -0.1) is 0 Å². The molecular formula is C14H17ClN2O. The smallest absolute Gasteiger partial charge is 0.137 e. The van der Waals surface area contributed by atoms with E-state index < -0.39 is 0 Å². The molecular weight excluding hydrogens is 248 g/mol. The number of nitriles is 1. The van der Waals surface area contributed by atoms with Gasteiger partial charge >= 0.3 is 0 Å². The van der Waals surface area contributed by atoms with Crippen LogP contribution in [0, 0.1) is 17.2 Å². The van der Waals surface area contributed by atoms with Gasteiger partial charge in [-0.2, -0.15) is 5.26 Å². The first kappa shape index (κ1) is 13.0. The molecule has 18 heavy (non-hydrogen) atoms. The minimum absolute atomic E-state index is 0.0969. The largest absolute Gasteiger partial charge is 0.495 e. The van der Waals surface area contributed by atoms with Crippen molar-refractivity contribution in [2.24, 2.45) is 5.92 Å². The van der Waals surface area contributed by atoms with E-state index in [2.05, 4.69) is 11.4 Å². The van der Waals surface area contributed by atoms with Gasteiger partial charge in [-0.05, 0) is 31.0 Å². The van der Waals surface area contributed by atoms with Crippen LogP contribution in [-0.2, 0) is 0 Å². The summed E-state index contributed by atoms with van der Waals surface area (Å²) >= 11 is 6.09. The Labute approximate surface area is 113 Å². The maximum Gasteiger partial charge on any atom is 0.137 e. The predicted octanol–water partition coefficient (Wildman–Crippen LogP) is 3.84. The molecule has 1 aliphatic rings. The van der Waals surface area contributed by atoms with Crippen molar-refractivity contribution in [3.63, 3.8) is 0 Å².